The molecule has 0 saturated heterocycles. The Balaban J connectivity index is 2.10. The molecule has 0 spiro atoms. The van der Waals surface area contributed by atoms with E-state index in [4.69, 9.17) is 33.0 Å². The second kappa shape index (κ2) is 6.59. The van der Waals surface area contributed by atoms with Crippen LogP contribution in [-0.4, -0.2) is 28.9 Å². The van der Waals surface area contributed by atoms with Gasteiger partial charge in [-0.1, -0.05) is 23.2 Å². The highest BCUT2D eigenvalue weighted by Gasteiger charge is 2.32. The third-order valence-corrected chi connectivity index (χ3v) is 4.42. The number of carboxylic acid groups (broad SMARTS) is 1. The third kappa shape index (κ3) is 3.45. The first kappa shape index (κ1) is 16.0. The van der Waals surface area contributed by atoms with Crippen molar-refractivity contribution in [1.82, 2.24) is 0 Å². The lowest BCUT2D eigenvalue weighted by atomic mass is 10.2. The van der Waals surface area contributed by atoms with E-state index in [0.717, 1.165) is 0 Å². The van der Waals surface area contributed by atoms with Crippen LogP contribution in [0.5, 0.6) is 5.75 Å². The molecule has 1 aromatic carbocycles. The smallest absolute Gasteiger partial charge is 0.337 e. The Morgan fingerprint density at radius 3 is 2.62 bits per heavy atom. The van der Waals surface area contributed by atoms with Crippen molar-refractivity contribution in [2.45, 2.75) is 11.4 Å². The zero-order chi connectivity index (χ0) is 15.5. The standard InChI is InChI=1S/C11H10Cl2N4O3S/c1-21-11(14-16-17-15-11)4-5-20-9-7(12)3-2-6(8(9)13)10(18)19/h2-3H,4-5H2,1H3,(H,18,19). The molecule has 1 N–H and O–H groups in total. The van der Waals surface area contributed by atoms with E-state index in [9.17, 15) is 4.79 Å². The minimum atomic E-state index is -1.15. The fourth-order valence-electron chi connectivity index (χ4n) is 1.60. The Bertz CT molecular complexity index is 612. The molecule has 0 saturated carbocycles. The number of carboxylic acids is 1. The quantitative estimate of drug-likeness (QED) is 0.828. The van der Waals surface area contributed by atoms with Gasteiger partial charge in [0.15, 0.2) is 5.75 Å². The van der Waals surface area contributed by atoms with Crippen molar-refractivity contribution in [3.8, 4) is 5.75 Å². The minimum absolute atomic E-state index is 0.0390. The molecule has 0 aliphatic carbocycles. The zero-order valence-corrected chi connectivity index (χ0v) is 13.1. The van der Waals surface area contributed by atoms with E-state index in [1.54, 1.807) is 0 Å². The number of rotatable bonds is 6. The Morgan fingerprint density at radius 1 is 1.38 bits per heavy atom. The van der Waals surface area contributed by atoms with Crippen LogP contribution < -0.4 is 4.74 Å². The van der Waals surface area contributed by atoms with Gasteiger partial charge in [0.2, 0.25) is 4.99 Å². The van der Waals surface area contributed by atoms with Crippen LogP contribution in [0.3, 0.4) is 0 Å². The maximum atomic E-state index is 11.0. The predicted octanol–water partition coefficient (Wildman–Crippen LogP) is 4.31. The van der Waals surface area contributed by atoms with Crippen molar-refractivity contribution in [3.63, 3.8) is 0 Å². The first-order valence-electron chi connectivity index (χ1n) is 5.72. The summed E-state index contributed by atoms with van der Waals surface area (Å²) in [6.07, 6.45) is 2.22. The van der Waals surface area contributed by atoms with E-state index in [1.165, 1.54) is 23.9 Å². The van der Waals surface area contributed by atoms with Gasteiger partial charge < -0.3 is 9.84 Å². The summed E-state index contributed by atoms with van der Waals surface area (Å²) < 4.78 is 5.50. The first-order chi connectivity index (χ1) is 9.99. The fraction of sp³-hybridized carbons (Fsp3) is 0.364. The molecule has 7 nitrogen and oxygen atoms in total. The van der Waals surface area contributed by atoms with Gasteiger partial charge in [0.05, 0.1) is 22.2 Å². The van der Waals surface area contributed by atoms with Gasteiger partial charge in [-0.2, -0.15) is 0 Å². The number of aromatic carboxylic acids is 1. The molecule has 112 valence electrons. The molecule has 1 aliphatic heterocycles. The van der Waals surface area contributed by atoms with Crippen LogP contribution in [0.2, 0.25) is 10.0 Å². The topological polar surface area (TPSA) is 96.0 Å². The SMILES string of the molecule is CSC1(CCOc2c(Cl)ccc(C(=O)O)c2Cl)N=NN=N1. The molecule has 0 unspecified atom stereocenters. The zero-order valence-electron chi connectivity index (χ0n) is 10.8. The number of ether oxygens (including phenoxy) is 1. The molecule has 0 bridgehead atoms. The molecular weight excluding hydrogens is 339 g/mol. The lowest BCUT2D eigenvalue weighted by molar-refractivity contribution is 0.0696. The lowest BCUT2D eigenvalue weighted by Gasteiger charge is -2.17. The van der Waals surface area contributed by atoms with Crippen molar-refractivity contribution in [2.24, 2.45) is 20.7 Å². The third-order valence-electron chi connectivity index (χ3n) is 2.72. The minimum Gasteiger partial charge on any atom is -0.490 e. The molecule has 1 aliphatic rings. The van der Waals surface area contributed by atoms with Crippen LogP contribution in [0.4, 0.5) is 0 Å². The molecule has 0 fully saturated rings. The molecule has 10 heteroatoms. The highest BCUT2D eigenvalue weighted by atomic mass is 35.5. The molecule has 21 heavy (non-hydrogen) atoms. The summed E-state index contributed by atoms with van der Waals surface area (Å²) in [5.41, 5.74) is -0.0733. The Labute approximate surface area is 134 Å². The number of benzene rings is 1. The van der Waals surface area contributed by atoms with E-state index < -0.39 is 11.0 Å². The number of nitrogens with zero attached hydrogens (tertiary/aromatic N) is 4. The fourth-order valence-corrected chi connectivity index (χ4v) is 2.68. The highest BCUT2D eigenvalue weighted by molar-refractivity contribution is 7.99. The number of hydrogen-bond donors (Lipinski definition) is 1. The summed E-state index contributed by atoms with van der Waals surface area (Å²) in [6.45, 7) is 0.182. The maximum Gasteiger partial charge on any atom is 0.337 e. The van der Waals surface area contributed by atoms with Crippen LogP contribution in [0, 0.1) is 0 Å². The Hall–Kier alpha value is -1.38. The number of carbonyl (C=O) groups is 1. The van der Waals surface area contributed by atoms with E-state index in [0.29, 0.717) is 6.42 Å². The van der Waals surface area contributed by atoms with Gasteiger partial charge in [-0.25, -0.2) is 4.79 Å². The van der Waals surface area contributed by atoms with Crippen LogP contribution in [-0.2, 0) is 0 Å². The van der Waals surface area contributed by atoms with E-state index >= 15 is 0 Å². The van der Waals surface area contributed by atoms with Gasteiger partial charge in [-0.15, -0.1) is 22.0 Å². The summed E-state index contributed by atoms with van der Waals surface area (Å²) in [5, 5.41) is 24.0. The molecule has 0 atom stereocenters. The predicted molar refractivity (Wildman–Crippen MR) is 79.5 cm³/mol. The summed E-state index contributed by atoms with van der Waals surface area (Å²) in [5.74, 6) is -1.03. The summed E-state index contributed by atoms with van der Waals surface area (Å²) >= 11 is 13.3. The van der Waals surface area contributed by atoms with Gasteiger partial charge in [0.1, 0.15) is 0 Å². The molecule has 1 aromatic rings. The normalized spacial score (nSPS) is 15.4. The van der Waals surface area contributed by atoms with Crippen molar-refractivity contribution < 1.29 is 14.6 Å². The van der Waals surface area contributed by atoms with Gasteiger partial charge in [0.25, 0.3) is 0 Å². The first-order valence-corrected chi connectivity index (χ1v) is 7.70. The van der Waals surface area contributed by atoms with E-state index in [2.05, 4.69) is 20.7 Å². The Kier molecular flexibility index (Phi) is 5.02. The lowest BCUT2D eigenvalue weighted by Crippen LogP contribution is -2.19. The highest BCUT2D eigenvalue weighted by Crippen LogP contribution is 2.38. The van der Waals surface area contributed by atoms with Gasteiger partial charge in [0, 0.05) is 6.42 Å². The van der Waals surface area contributed by atoms with E-state index in [-0.39, 0.29) is 28.0 Å². The van der Waals surface area contributed by atoms with Crippen molar-refractivity contribution in [2.75, 3.05) is 12.9 Å². The maximum absolute atomic E-state index is 11.0. The van der Waals surface area contributed by atoms with Crippen LogP contribution in [0.1, 0.15) is 16.8 Å². The number of halogens is 2. The summed E-state index contributed by atoms with van der Waals surface area (Å²) in [7, 11) is 0. The van der Waals surface area contributed by atoms with Gasteiger partial charge in [-0.3, -0.25) is 0 Å². The van der Waals surface area contributed by atoms with E-state index in [1.807, 2.05) is 6.26 Å². The Morgan fingerprint density at radius 2 is 2.05 bits per heavy atom. The number of thioether (sulfide) groups is 1. The molecule has 0 radical (unpaired) electrons. The second-order valence-corrected chi connectivity index (χ2v) is 5.82. The van der Waals surface area contributed by atoms with Crippen LogP contribution in [0.25, 0.3) is 0 Å². The average Bonchev–Trinajstić information content (AvgIpc) is 2.91. The molecule has 0 aromatic heterocycles. The summed E-state index contributed by atoms with van der Waals surface area (Å²) in [4.78, 5) is 10.2. The van der Waals surface area contributed by atoms with Crippen LogP contribution >= 0.6 is 35.0 Å². The van der Waals surface area contributed by atoms with Gasteiger partial charge >= 0.3 is 5.97 Å². The monoisotopic (exact) mass is 348 g/mol. The number of hydrogen-bond acceptors (Lipinski definition) is 7. The largest absolute Gasteiger partial charge is 0.490 e. The van der Waals surface area contributed by atoms with Crippen molar-refractivity contribution in [3.05, 3.63) is 27.7 Å². The van der Waals surface area contributed by atoms with Gasteiger partial charge in [-0.05, 0) is 28.8 Å². The molecule has 2 rings (SSSR count). The second-order valence-electron chi connectivity index (χ2n) is 3.97. The van der Waals surface area contributed by atoms with Crippen molar-refractivity contribution >= 4 is 40.9 Å². The average molecular weight is 349 g/mol. The molecule has 1 heterocycles. The molecular formula is C11H10Cl2N4O3S. The molecule has 0 amide bonds. The summed E-state index contributed by atoms with van der Waals surface area (Å²) in [6, 6.07) is 2.74. The van der Waals surface area contributed by atoms with Crippen molar-refractivity contribution in [1.29, 1.82) is 0 Å². The van der Waals surface area contributed by atoms with Crippen LogP contribution in [0.15, 0.2) is 32.8 Å².